The first kappa shape index (κ1) is 12.3. The van der Waals surface area contributed by atoms with Crippen LogP contribution >= 0.6 is 0 Å². The van der Waals surface area contributed by atoms with Crippen molar-refractivity contribution < 1.29 is 4.74 Å². The summed E-state index contributed by atoms with van der Waals surface area (Å²) in [5.41, 5.74) is 6.21. The first-order valence-corrected chi connectivity index (χ1v) is 6.69. The van der Waals surface area contributed by atoms with E-state index in [2.05, 4.69) is 18.7 Å². The molecule has 94 valence electrons. The molecule has 3 nitrogen and oxygen atoms in total. The number of rotatable bonds is 4. The van der Waals surface area contributed by atoms with Crippen LogP contribution < -0.4 is 5.73 Å². The normalized spacial score (nSPS) is 36.4. The predicted octanol–water partition coefficient (Wildman–Crippen LogP) is 1.47. The average Bonchev–Trinajstić information content (AvgIpc) is 2.88. The Hall–Kier alpha value is -0.120. The number of nitrogens with two attached hydrogens (primary N) is 1. The zero-order chi connectivity index (χ0) is 11.6. The summed E-state index contributed by atoms with van der Waals surface area (Å²) in [6.07, 6.45) is 3.86. The summed E-state index contributed by atoms with van der Waals surface area (Å²) in [6, 6.07) is 0.768. The lowest BCUT2D eigenvalue weighted by Gasteiger charge is -2.35. The minimum Gasteiger partial charge on any atom is -0.381 e. The van der Waals surface area contributed by atoms with E-state index in [-0.39, 0.29) is 5.41 Å². The Morgan fingerprint density at radius 2 is 2.31 bits per heavy atom. The fraction of sp³-hybridized carbons (Fsp3) is 1.00. The van der Waals surface area contributed by atoms with Crippen molar-refractivity contribution >= 4 is 0 Å². The van der Waals surface area contributed by atoms with Gasteiger partial charge in [0.25, 0.3) is 0 Å². The molecule has 0 aromatic rings. The molecule has 16 heavy (non-hydrogen) atoms. The van der Waals surface area contributed by atoms with Crippen LogP contribution in [0.15, 0.2) is 0 Å². The quantitative estimate of drug-likeness (QED) is 0.789. The molecule has 0 aromatic carbocycles. The highest BCUT2D eigenvalue weighted by Gasteiger charge is 2.38. The molecule has 0 radical (unpaired) electrons. The van der Waals surface area contributed by atoms with E-state index in [0.29, 0.717) is 0 Å². The van der Waals surface area contributed by atoms with Crippen LogP contribution in [0.1, 0.15) is 33.1 Å². The van der Waals surface area contributed by atoms with E-state index >= 15 is 0 Å². The predicted molar refractivity (Wildman–Crippen MR) is 66.4 cm³/mol. The van der Waals surface area contributed by atoms with Gasteiger partial charge in [-0.15, -0.1) is 0 Å². The van der Waals surface area contributed by atoms with Crippen LogP contribution in [-0.2, 0) is 4.74 Å². The summed E-state index contributed by atoms with van der Waals surface area (Å²) in [4.78, 5) is 2.66. The van der Waals surface area contributed by atoms with E-state index in [1.54, 1.807) is 0 Å². The summed E-state index contributed by atoms with van der Waals surface area (Å²) in [7, 11) is 0. The SMILES string of the molecule is CC(C)C1CCCN1CC1(CN)CCOC1. The Labute approximate surface area is 99.3 Å². The topological polar surface area (TPSA) is 38.5 Å². The van der Waals surface area contributed by atoms with Gasteiger partial charge in [-0.05, 0) is 31.7 Å². The second kappa shape index (κ2) is 5.03. The molecule has 0 saturated carbocycles. The lowest BCUT2D eigenvalue weighted by Crippen LogP contribution is -2.46. The molecule has 3 heteroatoms. The van der Waals surface area contributed by atoms with Gasteiger partial charge >= 0.3 is 0 Å². The molecule has 2 N–H and O–H groups in total. The van der Waals surface area contributed by atoms with Gasteiger partial charge in [0.1, 0.15) is 0 Å². The van der Waals surface area contributed by atoms with Gasteiger partial charge in [0, 0.05) is 31.2 Å². The van der Waals surface area contributed by atoms with Gasteiger partial charge < -0.3 is 10.5 Å². The number of likely N-dealkylation sites (tertiary alicyclic amines) is 1. The molecule has 2 rings (SSSR count). The zero-order valence-corrected chi connectivity index (χ0v) is 10.7. The highest BCUT2D eigenvalue weighted by molar-refractivity contribution is 4.91. The molecule has 2 saturated heterocycles. The van der Waals surface area contributed by atoms with Gasteiger partial charge in [-0.2, -0.15) is 0 Å². The Morgan fingerprint density at radius 1 is 1.50 bits per heavy atom. The minimum absolute atomic E-state index is 0.248. The third kappa shape index (κ3) is 2.41. The molecule has 0 aromatic heterocycles. The maximum atomic E-state index is 5.96. The molecule has 2 atom stereocenters. The summed E-state index contributed by atoms with van der Waals surface area (Å²) >= 11 is 0. The molecule has 2 aliphatic rings. The summed E-state index contributed by atoms with van der Waals surface area (Å²) in [6.45, 7) is 9.61. The Bertz CT molecular complexity index is 224. The number of nitrogens with zero attached hydrogens (tertiary/aromatic N) is 1. The molecular formula is C13H26N2O. The number of hydrogen-bond donors (Lipinski definition) is 1. The van der Waals surface area contributed by atoms with E-state index in [4.69, 9.17) is 10.5 Å². The van der Waals surface area contributed by atoms with Crippen molar-refractivity contribution in [2.24, 2.45) is 17.1 Å². The molecule has 2 fully saturated rings. The molecule has 0 bridgehead atoms. The van der Waals surface area contributed by atoms with Crippen molar-refractivity contribution in [2.45, 2.75) is 39.2 Å². The monoisotopic (exact) mass is 226 g/mol. The highest BCUT2D eigenvalue weighted by atomic mass is 16.5. The van der Waals surface area contributed by atoms with Crippen LogP contribution in [0.3, 0.4) is 0 Å². The summed E-state index contributed by atoms with van der Waals surface area (Å²) in [5.74, 6) is 0.764. The van der Waals surface area contributed by atoms with Crippen molar-refractivity contribution in [2.75, 3.05) is 32.8 Å². The average molecular weight is 226 g/mol. The third-order valence-corrected chi connectivity index (χ3v) is 4.34. The largest absolute Gasteiger partial charge is 0.381 e. The number of hydrogen-bond acceptors (Lipinski definition) is 3. The molecule has 2 aliphatic heterocycles. The van der Waals surface area contributed by atoms with Crippen molar-refractivity contribution in [3.05, 3.63) is 0 Å². The van der Waals surface area contributed by atoms with Crippen molar-refractivity contribution in [1.82, 2.24) is 4.90 Å². The van der Waals surface area contributed by atoms with Crippen molar-refractivity contribution in [3.63, 3.8) is 0 Å². The molecule has 2 unspecified atom stereocenters. The lowest BCUT2D eigenvalue weighted by molar-refractivity contribution is 0.0970. The fourth-order valence-corrected chi connectivity index (χ4v) is 3.23. The van der Waals surface area contributed by atoms with Crippen LogP contribution in [0.25, 0.3) is 0 Å². The lowest BCUT2D eigenvalue weighted by atomic mass is 9.86. The second-order valence-corrected chi connectivity index (χ2v) is 5.93. The van der Waals surface area contributed by atoms with Crippen LogP contribution in [-0.4, -0.2) is 43.8 Å². The molecule has 2 heterocycles. The molecule has 0 aliphatic carbocycles. The fourth-order valence-electron chi connectivity index (χ4n) is 3.23. The maximum absolute atomic E-state index is 5.96. The molecular weight excluding hydrogens is 200 g/mol. The van der Waals surface area contributed by atoms with E-state index in [9.17, 15) is 0 Å². The highest BCUT2D eigenvalue weighted by Crippen LogP contribution is 2.33. The smallest absolute Gasteiger partial charge is 0.0547 e. The van der Waals surface area contributed by atoms with Gasteiger partial charge in [-0.3, -0.25) is 4.90 Å². The van der Waals surface area contributed by atoms with Gasteiger partial charge in [-0.1, -0.05) is 13.8 Å². The Balaban J connectivity index is 1.97. The Kier molecular flexibility index (Phi) is 3.88. The van der Waals surface area contributed by atoms with Gasteiger partial charge in [0.05, 0.1) is 6.61 Å². The van der Waals surface area contributed by atoms with E-state index in [0.717, 1.165) is 44.7 Å². The van der Waals surface area contributed by atoms with Crippen LogP contribution in [0.2, 0.25) is 0 Å². The number of ether oxygens (including phenoxy) is 1. The van der Waals surface area contributed by atoms with Gasteiger partial charge in [0.15, 0.2) is 0 Å². The third-order valence-electron chi connectivity index (χ3n) is 4.34. The minimum atomic E-state index is 0.248. The van der Waals surface area contributed by atoms with E-state index in [1.807, 2.05) is 0 Å². The standard InChI is InChI=1S/C13H26N2O/c1-11(2)12-4-3-6-15(12)9-13(8-14)5-7-16-10-13/h11-12H,3-10,14H2,1-2H3. The zero-order valence-electron chi connectivity index (χ0n) is 10.7. The van der Waals surface area contributed by atoms with Crippen LogP contribution in [0.4, 0.5) is 0 Å². The first-order chi connectivity index (χ1) is 7.67. The van der Waals surface area contributed by atoms with E-state index < -0.39 is 0 Å². The van der Waals surface area contributed by atoms with Gasteiger partial charge in [-0.25, -0.2) is 0 Å². The van der Waals surface area contributed by atoms with Crippen LogP contribution in [0.5, 0.6) is 0 Å². The van der Waals surface area contributed by atoms with Crippen molar-refractivity contribution in [3.8, 4) is 0 Å². The summed E-state index contributed by atoms with van der Waals surface area (Å²) in [5, 5.41) is 0. The van der Waals surface area contributed by atoms with Crippen molar-refractivity contribution in [1.29, 1.82) is 0 Å². The molecule has 0 spiro atoms. The van der Waals surface area contributed by atoms with Gasteiger partial charge in [0.2, 0.25) is 0 Å². The molecule has 0 amide bonds. The first-order valence-electron chi connectivity index (χ1n) is 6.69. The second-order valence-electron chi connectivity index (χ2n) is 5.93. The summed E-state index contributed by atoms with van der Waals surface area (Å²) < 4.78 is 5.55. The van der Waals surface area contributed by atoms with E-state index in [1.165, 1.54) is 19.4 Å². The Morgan fingerprint density at radius 3 is 2.88 bits per heavy atom. The van der Waals surface area contributed by atoms with Crippen LogP contribution in [0, 0.1) is 11.3 Å². The maximum Gasteiger partial charge on any atom is 0.0547 e.